The summed E-state index contributed by atoms with van der Waals surface area (Å²) in [5, 5.41) is 10.6. The van der Waals surface area contributed by atoms with Gasteiger partial charge in [0.25, 0.3) is 5.91 Å². The average molecular weight is 426 g/mol. The van der Waals surface area contributed by atoms with Gasteiger partial charge in [0.1, 0.15) is 0 Å². The van der Waals surface area contributed by atoms with Crippen LogP contribution in [0.3, 0.4) is 0 Å². The van der Waals surface area contributed by atoms with Gasteiger partial charge in [0, 0.05) is 28.3 Å². The molecule has 8 heteroatoms. The van der Waals surface area contributed by atoms with Crippen LogP contribution in [-0.2, 0) is 17.3 Å². The highest BCUT2D eigenvalue weighted by atomic mass is 32.2. The molecule has 7 nitrogen and oxygen atoms in total. The van der Waals surface area contributed by atoms with Crippen molar-refractivity contribution in [2.24, 2.45) is 0 Å². The number of hydrogen-bond acceptors (Lipinski definition) is 5. The predicted octanol–water partition coefficient (Wildman–Crippen LogP) is 2.87. The van der Waals surface area contributed by atoms with Crippen LogP contribution in [0.1, 0.15) is 42.1 Å². The van der Waals surface area contributed by atoms with E-state index in [4.69, 9.17) is 0 Å². The summed E-state index contributed by atoms with van der Waals surface area (Å²) in [4.78, 5) is 19.9. The van der Waals surface area contributed by atoms with Gasteiger partial charge in [-0.15, -0.1) is 0 Å². The third-order valence-corrected chi connectivity index (χ3v) is 7.35. The van der Waals surface area contributed by atoms with E-state index in [0.29, 0.717) is 17.8 Å². The van der Waals surface area contributed by atoms with Crippen molar-refractivity contribution in [1.82, 2.24) is 25.4 Å². The van der Waals surface area contributed by atoms with Crippen molar-refractivity contribution in [3.05, 3.63) is 53.9 Å². The molecule has 3 heterocycles. The number of likely N-dealkylation sites (tertiary alicyclic amines) is 1. The van der Waals surface area contributed by atoms with Crippen LogP contribution < -0.4 is 5.32 Å². The largest absolute Gasteiger partial charge is 0.348 e. The standard InChI is InChI=1S/C22H27N5O2S/c1-2-9-27-10-7-20(8-11-27)30(29)19-5-3-16(4-6-19)13-24-22(28)18-12-17-15-25-26-21(17)23-14-18/h3-6,12,14-15,20H,2,7-11,13H2,1H3,(H,24,28)(H,23,25,26). The number of rotatable bonds is 7. The van der Waals surface area contributed by atoms with Crippen LogP contribution in [0.4, 0.5) is 0 Å². The summed E-state index contributed by atoms with van der Waals surface area (Å²) in [6.45, 7) is 5.81. The number of pyridine rings is 1. The number of hydrogen-bond donors (Lipinski definition) is 2. The van der Waals surface area contributed by atoms with Crippen LogP contribution in [0.15, 0.2) is 47.6 Å². The van der Waals surface area contributed by atoms with Crippen molar-refractivity contribution >= 4 is 27.7 Å². The van der Waals surface area contributed by atoms with Crippen LogP contribution in [0.25, 0.3) is 11.0 Å². The predicted molar refractivity (Wildman–Crippen MR) is 118 cm³/mol. The zero-order valence-electron chi connectivity index (χ0n) is 17.1. The minimum Gasteiger partial charge on any atom is -0.348 e. The van der Waals surface area contributed by atoms with Crippen LogP contribution in [0.5, 0.6) is 0 Å². The van der Waals surface area contributed by atoms with Crippen molar-refractivity contribution in [3.8, 4) is 0 Å². The number of amides is 1. The topological polar surface area (TPSA) is 91.0 Å². The van der Waals surface area contributed by atoms with Gasteiger partial charge >= 0.3 is 0 Å². The summed E-state index contributed by atoms with van der Waals surface area (Å²) in [5.74, 6) is -0.183. The molecule has 158 valence electrons. The number of benzene rings is 1. The van der Waals surface area contributed by atoms with Crippen LogP contribution in [0, 0.1) is 0 Å². The first-order valence-electron chi connectivity index (χ1n) is 10.4. The third kappa shape index (κ3) is 4.76. The van der Waals surface area contributed by atoms with Crippen LogP contribution in [0.2, 0.25) is 0 Å². The quantitative estimate of drug-likeness (QED) is 0.607. The molecule has 1 aromatic carbocycles. The van der Waals surface area contributed by atoms with Crippen LogP contribution in [-0.4, -0.2) is 55.1 Å². The van der Waals surface area contributed by atoms with E-state index < -0.39 is 10.8 Å². The van der Waals surface area contributed by atoms with Gasteiger partial charge < -0.3 is 10.2 Å². The maximum Gasteiger partial charge on any atom is 0.253 e. The number of nitrogens with one attached hydrogen (secondary N) is 2. The molecular formula is C22H27N5O2S. The van der Waals surface area contributed by atoms with Gasteiger partial charge in [-0.05, 0) is 62.7 Å². The summed E-state index contributed by atoms with van der Waals surface area (Å²) < 4.78 is 12.9. The summed E-state index contributed by atoms with van der Waals surface area (Å²) in [6.07, 6.45) is 6.32. The zero-order chi connectivity index (χ0) is 20.9. The molecule has 2 aromatic heterocycles. The second-order valence-corrected chi connectivity index (χ2v) is 9.43. The number of fused-ring (bicyclic) bond motifs is 1. The number of aromatic nitrogens is 3. The van der Waals surface area contributed by atoms with Gasteiger partial charge in [0.15, 0.2) is 5.65 Å². The van der Waals surface area contributed by atoms with E-state index in [1.165, 1.54) is 12.6 Å². The lowest BCUT2D eigenvalue weighted by Crippen LogP contribution is -2.37. The van der Waals surface area contributed by atoms with Crippen LogP contribution >= 0.6 is 0 Å². The number of piperidine rings is 1. The fourth-order valence-electron chi connectivity index (χ4n) is 3.84. The van der Waals surface area contributed by atoms with Gasteiger partial charge in [-0.3, -0.25) is 14.1 Å². The maximum atomic E-state index is 12.9. The molecule has 0 spiro atoms. The van der Waals surface area contributed by atoms with E-state index >= 15 is 0 Å². The first-order valence-corrected chi connectivity index (χ1v) is 11.6. The van der Waals surface area contributed by atoms with E-state index in [0.717, 1.165) is 48.3 Å². The Hall–Kier alpha value is -2.58. The van der Waals surface area contributed by atoms with Gasteiger partial charge in [0.2, 0.25) is 0 Å². The first kappa shape index (κ1) is 20.7. The fraction of sp³-hybridized carbons (Fsp3) is 0.409. The Labute approximate surface area is 178 Å². The highest BCUT2D eigenvalue weighted by molar-refractivity contribution is 7.85. The Morgan fingerprint density at radius 3 is 2.73 bits per heavy atom. The summed E-state index contributed by atoms with van der Waals surface area (Å²) >= 11 is 0. The van der Waals surface area contributed by atoms with E-state index in [1.54, 1.807) is 12.3 Å². The monoisotopic (exact) mass is 425 g/mol. The average Bonchev–Trinajstić information content (AvgIpc) is 3.26. The van der Waals surface area contributed by atoms with Crippen molar-refractivity contribution < 1.29 is 9.00 Å². The Bertz CT molecular complexity index is 1030. The highest BCUT2D eigenvalue weighted by Gasteiger charge is 2.24. The lowest BCUT2D eigenvalue weighted by Gasteiger charge is -2.31. The molecule has 1 saturated heterocycles. The van der Waals surface area contributed by atoms with E-state index in [9.17, 15) is 9.00 Å². The van der Waals surface area contributed by atoms with Gasteiger partial charge in [0.05, 0.1) is 22.6 Å². The molecule has 1 fully saturated rings. The zero-order valence-corrected chi connectivity index (χ0v) is 18.0. The van der Waals surface area contributed by atoms with Crippen molar-refractivity contribution in [2.75, 3.05) is 19.6 Å². The Morgan fingerprint density at radius 1 is 1.23 bits per heavy atom. The number of aromatic amines is 1. The number of carbonyl (C=O) groups excluding carboxylic acids is 1. The van der Waals surface area contributed by atoms with Crippen molar-refractivity contribution in [3.63, 3.8) is 0 Å². The molecule has 1 atom stereocenters. The van der Waals surface area contributed by atoms with Gasteiger partial charge in [-0.1, -0.05) is 19.1 Å². The molecule has 2 N–H and O–H groups in total. The molecule has 1 aliphatic heterocycles. The van der Waals surface area contributed by atoms with Crippen molar-refractivity contribution in [1.29, 1.82) is 0 Å². The first-order chi connectivity index (χ1) is 14.6. The normalized spacial score (nSPS) is 16.6. The molecule has 1 aliphatic rings. The highest BCUT2D eigenvalue weighted by Crippen LogP contribution is 2.22. The maximum absolute atomic E-state index is 12.9. The summed E-state index contributed by atoms with van der Waals surface area (Å²) in [5.41, 5.74) is 2.13. The molecule has 1 unspecified atom stereocenters. The molecule has 3 aromatic rings. The molecular weight excluding hydrogens is 398 g/mol. The molecule has 0 radical (unpaired) electrons. The summed E-state index contributed by atoms with van der Waals surface area (Å²) in [7, 11) is -0.980. The number of nitrogens with zero attached hydrogens (tertiary/aromatic N) is 3. The SMILES string of the molecule is CCCN1CCC(S(=O)c2ccc(CNC(=O)c3cnc4[nH]ncc4c3)cc2)CC1. The minimum absolute atomic E-state index is 0.183. The fourth-order valence-corrected chi connectivity index (χ4v) is 5.27. The summed E-state index contributed by atoms with van der Waals surface area (Å²) in [6, 6.07) is 9.50. The van der Waals surface area contributed by atoms with Gasteiger partial charge in [-0.25, -0.2) is 4.98 Å². The lowest BCUT2D eigenvalue weighted by molar-refractivity contribution is 0.0950. The Morgan fingerprint density at radius 2 is 2.00 bits per heavy atom. The lowest BCUT2D eigenvalue weighted by atomic mass is 10.1. The minimum atomic E-state index is -0.980. The second kappa shape index (κ2) is 9.49. The van der Waals surface area contributed by atoms with E-state index in [1.807, 2.05) is 24.3 Å². The molecule has 0 bridgehead atoms. The second-order valence-electron chi connectivity index (χ2n) is 7.70. The van der Waals surface area contributed by atoms with E-state index in [2.05, 4.69) is 32.3 Å². The third-order valence-electron chi connectivity index (χ3n) is 5.54. The molecule has 1 amide bonds. The Balaban J connectivity index is 1.31. The number of carbonyl (C=O) groups is 1. The molecule has 30 heavy (non-hydrogen) atoms. The Kier molecular flexibility index (Phi) is 6.54. The molecule has 0 aliphatic carbocycles. The molecule has 0 saturated carbocycles. The van der Waals surface area contributed by atoms with Gasteiger partial charge in [-0.2, -0.15) is 5.10 Å². The number of H-pyrrole nitrogens is 1. The smallest absolute Gasteiger partial charge is 0.253 e. The molecule has 4 rings (SSSR count). The van der Waals surface area contributed by atoms with Crippen molar-refractivity contribution in [2.45, 2.75) is 42.9 Å². The van der Waals surface area contributed by atoms with E-state index in [-0.39, 0.29) is 11.2 Å².